The maximum absolute atomic E-state index is 4.45. The minimum atomic E-state index is 0.556. The Labute approximate surface area is 148 Å². The molecular formula is C16H18BrN7. The van der Waals surface area contributed by atoms with Crippen LogP contribution in [0.3, 0.4) is 0 Å². The van der Waals surface area contributed by atoms with E-state index in [2.05, 4.69) is 36.3 Å². The van der Waals surface area contributed by atoms with Gasteiger partial charge in [0, 0.05) is 24.3 Å². The maximum Gasteiger partial charge on any atom is 0.273 e. The predicted octanol–water partition coefficient (Wildman–Crippen LogP) is 2.79. The fourth-order valence-electron chi connectivity index (χ4n) is 2.37. The number of aromatic nitrogens is 5. The molecule has 7 nitrogen and oxygen atoms in total. The molecule has 0 spiro atoms. The fraction of sp³-hybridized carbons (Fsp3) is 0.250. The third-order valence-electron chi connectivity index (χ3n) is 3.50. The molecule has 8 heteroatoms. The Kier molecular flexibility index (Phi) is 4.48. The smallest absolute Gasteiger partial charge is 0.273 e. The van der Waals surface area contributed by atoms with E-state index in [9.17, 15) is 0 Å². The largest absolute Gasteiger partial charge is 0.377 e. The van der Waals surface area contributed by atoms with Gasteiger partial charge in [-0.1, -0.05) is 6.07 Å². The van der Waals surface area contributed by atoms with Crippen molar-refractivity contribution in [1.29, 1.82) is 0 Å². The summed E-state index contributed by atoms with van der Waals surface area (Å²) in [5, 5.41) is 16.9. The van der Waals surface area contributed by atoms with Crippen molar-refractivity contribution < 1.29 is 0 Å². The molecular weight excluding hydrogens is 370 g/mol. The SMILES string of the molecule is Cc1cc(C)n(-c2nncn2/N=C\c2ccc(N(C)C)c(Br)c2)n1. The van der Waals surface area contributed by atoms with Crippen molar-refractivity contribution >= 4 is 27.8 Å². The van der Waals surface area contributed by atoms with Gasteiger partial charge < -0.3 is 4.90 Å². The highest BCUT2D eigenvalue weighted by atomic mass is 79.9. The van der Waals surface area contributed by atoms with E-state index in [0.717, 1.165) is 27.1 Å². The van der Waals surface area contributed by atoms with Crippen molar-refractivity contribution in [3.63, 3.8) is 0 Å². The zero-order chi connectivity index (χ0) is 17.3. The van der Waals surface area contributed by atoms with Gasteiger partial charge in [0.1, 0.15) is 6.33 Å². The molecule has 3 aromatic rings. The Morgan fingerprint density at radius 2 is 2.00 bits per heavy atom. The summed E-state index contributed by atoms with van der Waals surface area (Å²) in [6.45, 7) is 3.91. The molecule has 0 saturated heterocycles. The van der Waals surface area contributed by atoms with Crippen LogP contribution >= 0.6 is 15.9 Å². The average molecular weight is 388 g/mol. The lowest BCUT2D eigenvalue weighted by molar-refractivity contribution is 0.717. The van der Waals surface area contributed by atoms with E-state index in [-0.39, 0.29) is 0 Å². The summed E-state index contributed by atoms with van der Waals surface area (Å²) < 4.78 is 4.34. The monoisotopic (exact) mass is 387 g/mol. The molecule has 0 fully saturated rings. The summed E-state index contributed by atoms with van der Waals surface area (Å²) in [7, 11) is 4.01. The van der Waals surface area contributed by atoms with Gasteiger partial charge >= 0.3 is 0 Å². The number of hydrogen-bond acceptors (Lipinski definition) is 5. The summed E-state index contributed by atoms with van der Waals surface area (Å²) in [4.78, 5) is 2.05. The van der Waals surface area contributed by atoms with Crippen molar-refractivity contribution in [2.24, 2.45) is 5.10 Å². The molecule has 0 radical (unpaired) electrons. The van der Waals surface area contributed by atoms with Crippen LogP contribution in [0.5, 0.6) is 0 Å². The van der Waals surface area contributed by atoms with Gasteiger partial charge in [-0.3, -0.25) is 0 Å². The van der Waals surface area contributed by atoms with Crippen LogP contribution in [0.15, 0.2) is 40.2 Å². The molecule has 0 bridgehead atoms. The third kappa shape index (κ3) is 3.23. The second-order valence-electron chi connectivity index (χ2n) is 5.66. The van der Waals surface area contributed by atoms with E-state index in [1.165, 1.54) is 0 Å². The van der Waals surface area contributed by atoms with Gasteiger partial charge in [0.2, 0.25) is 0 Å². The molecule has 1 aromatic carbocycles. The van der Waals surface area contributed by atoms with Crippen LogP contribution < -0.4 is 4.90 Å². The minimum absolute atomic E-state index is 0.556. The van der Waals surface area contributed by atoms with Crippen molar-refractivity contribution in [3.8, 4) is 5.95 Å². The highest BCUT2D eigenvalue weighted by Crippen LogP contribution is 2.25. The van der Waals surface area contributed by atoms with Gasteiger partial charge in [-0.05, 0) is 53.5 Å². The van der Waals surface area contributed by atoms with E-state index in [0.29, 0.717) is 5.95 Å². The molecule has 3 rings (SSSR count). The maximum atomic E-state index is 4.45. The molecule has 0 aliphatic carbocycles. The van der Waals surface area contributed by atoms with E-state index in [1.807, 2.05) is 57.1 Å². The lowest BCUT2D eigenvalue weighted by Crippen LogP contribution is -2.09. The molecule has 0 N–H and O–H groups in total. The summed E-state index contributed by atoms with van der Waals surface area (Å²) in [6.07, 6.45) is 3.33. The van der Waals surface area contributed by atoms with E-state index in [1.54, 1.807) is 21.9 Å². The molecule has 2 aromatic heterocycles. The predicted molar refractivity (Wildman–Crippen MR) is 98.1 cm³/mol. The van der Waals surface area contributed by atoms with Crippen LogP contribution in [0.2, 0.25) is 0 Å². The van der Waals surface area contributed by atoms with Crippen molar-refractivity contribution in [3.05, 3.63) is 52.0 Å². The lowest BCUT2D eigenvalue weighted by atomic mass is 10.2. The zero-order valence-corrected chi connectivity index (χ0v) is 15.6. The standard InChI is InChI=1S/C16H18BrN7/c1-11-7-12(2)24(21-11)16-20-18-10-23(16)19-9-13-5-6-15(22(3)4)14(17)8-13/h5-10H,1-4H3/b19-9-. The van der Waals surface area contributed by atoms with E-state index >= 15 is 0 Å². The van der Waals surface area contributed by atoms with Gasteiger partial charge in [0.15, 0.2) is 0 Å². The van der Waals surface area contributed by atoms with Crippen LogP contribution in [-0.2, 0) is 0 Å². The third-order valence-corrected chi connectivity index (χ3v) is 4.13. The first-order chi connectivity index (χ1) is 11.5. The quantitative estimate of drug-likeness (QED) is 0.645. The fourth-order valence-corrected chi connectivity index (χ4v) is 3.12. The highest BCUT2D eigenvalue weighted by molar-refractivity contribution is 9.10. The zero-order valence-electron chi connectivity index (χ0n) is 14.0. The van der Waals surface area contributed by atoms with Crippen LogP contribution in [0.4, 0.5) is 5.69 Å². The Bertz CT molecular complexity index is 892. The highest BCUT2D eigenvalue weighted by Gasteiger charge is 2.10. The first kappa shape index (κ1) is 16.4. The first-order valence-corrected chi connectivity index (χ1v) is 8.20. The number of benzene rings is 1. The molecule has 0 unspecified atom stereocenters. The topological polar surface area (TPSA) is 64.1 Å². The Balaban J connectivity index is 1.90. The number of aryl methyl sites for hydroxylation is 2. The summed E-state index contributed by atoms with van der Waals surface area (Å²) >= 11 is 3.58. The van der Waals surface area contributed by atoms with Gasteiger partial charge in [-0.25, -0.2) is 4.68 Å². The number of nitrogens with zero attached hydrogens (tertiary/aromatic N) is 7. The molecule has 0 amide bonds. The van der Waals surface area contributed by atoms with E-state index < -0.39 is 0 Å². The van der Waals surface area contributed by atoms with Crippen molar-refractivity contribution in [2.45, 2.75) is 13.8 Å². The number of hydrogen-bond donors (Lipinski definition) is 0. The molecule has 124 valence electrons. The number of anilines is 1. The van der Waals surface area contributed by atoms with Crippen LogP contribution in [0.25, 0.3) is 5.95 Å². The number of rotatable bonds is 4. The summed E-state index contributed by atoms with van der Waals surface area (Å²) in [5.41, 5.74) is 3.99. The van der Waals surface area contributed by atoms with Crippen LogP contribution in [0, 0.1) is 13.8 Å². The minimum Gasteiger partial charge on any atom is -0.377 e. The van der Waals surface area contributed by atoms with Gasteiger partial charge in [-0.2, -0.15) is 14.9 Å². The summed E-state index contributed by atoms with van der Waals surface area (Å²) in [6, 6.07) is 8.06. The Hall–Kier alpha value is -2.48. The Morgan fingerprint density at radius 1 is 1.21 bits per heavy atom. The second-order valence-corrected chi connectivity index (χ2v) is 6.52. The van der Waals surface area contributed by atoms with E-state index in [4.69, 9.17) is 0 Å². The van der Waals surface area contributed by atoms with Gasteiger partial charge in [-0.15, -0.1) is 10.2 Å². The Morgan fingerprint density at radius 3 is 2.62 bits per heavy atom. The summed E-state index contributed by atoms with van der Waals surface area (Å²) in [5.74, 6) is 0.556. The molecule has 2 heterocycles. The van der Waals surface area contributed by atoms with Gasteiger partial charge in [0.25, 0.3) is 5.95 Å². The van der Waals surface area contributed by atoms with Gasteiger partial charge in [0.05, 0.1) is 17.6 Å². The number of halogens is 1. The molecule has 0 aliphatic rings. The molecule has 0 saturated carbocycles. The van der Waals surface area contributed by atoms with Crippen LogP contribution in [-0.4, -0.2) is 45.0 Å². The first-order valence-electron chi connectivity index (χ1n) is 7.40. The molecule has 24 heavy (non-hydrogen) atoms. The van der Waals surface area contributed by atoms with Crippen LogP contribution in [0.1, 0.15) is 17.0 Å². The molecule has 0 aliphatic heterocycles. The lowest BCUT2D eigenvalue weighted by Gasteiger charge is -2.14. The average Bonchev–Trinajstić information content (AvgIpc) is 3.10. The normalized spacial score (nSPS) is 11.4. The van der Waals surface area contributed by atoms with Crippen molar-refractivity contribution in [1.82, 2.24) is 24.7 Å². The van der Waals surface area contributed by atoms with Crippen molar-refractivity contribution in [2.75, 3.05) is 19.0 Å². The second kappa shape index (κ2) is 6.56. The molecule has 0 atom stereocenters.